The lowest BCUT2D eigenvalue weighted by molar-refractivity contribution is 0.101. The number of fused-ring (bicyclic) bond motifs is 2. The molecule has 142 valence electrons. The summed E-state index contributed by atoms with van der Waals surface area (Å²) >= 11 is 0. The highest BCUT2D eigenvalue weighted by atomic mass is 16.5. The third kappa shape index (κ3) is 2.61. The fraction of sp³-hybridized carbons (Fsp3) is 0.0476. The van der Waals surface area contributed by atoms with Crippen molar-refractivity contribution in [3.8, 4) is 28.4 Å². The Morgan fingerprint density at radius 2 is 1.97 bits per heavy atom. The van der Waals surface area contributed by atoms with Gasteiger partial charge in [0.15, 0.2) is 5.76 Å². The van der Waals surface area contributed by atoms with Gasteiger partial charge >= 0.3 is 0 Å². The molecule has 0 unspecified atom stereocenters. The Morgan fingerprint density at radius 3 is 2.76 bits per heavy atom. The van der Waals surface area contributed by atoms with Crippen molar-refractivity contribution in [2.24, 2.45) is 7.05 Å². The van der Waals surface area contributed by atoms with Gasteiger partial charge in [-0.15, -0.1) is 0 Å². The Morgan fingerprint density at radius 1 is 1.17 bits per heavy atom. The number of pyridine rings is 1. The van der Waals surface area contributed by atoms with Gasteiger partial charge in [-0.25, -0.2) is 15.0 Å². The van der Waals surface area contributed by atoms with E-state index in [0.717, 1.165) is 28.2 Å². The number of phenolic OH excluding ortho intramolecular Hbond substituents is 2. The number of ketones is 1. The molecule has 0 amide bonds. The number of allylic oxidation sites excluding steroid dienone is 1. The Bertz CT molecular complexity index is 1330. The topological polar surface area (TPSA) is 110 Å². The molecule has 0 fully saturated rings. The summed E-state index contributed by atoms with van der Waals surface area (Å²) < 4.78 is 7.48. The molecule has 8 nitrogen and oxygen atoms in total. The quantitative estimate of drug-likeness (QED) is 0.509. The number of phenols is 2. The van der Waals surface area contributed by atoms with Crippen LogP contribution in [0.3, 0.4) is 0 Å². The van der Waals surface area contributed by atoms with Crippen molar-refractivity contribution in [3.05, 3.63) is 66.2 Å². The van der Waals surface area contributed by atoms with Crippen LogP contribution in [-0.4, -0.2) is 35.5 Å². The fourth-order valence-electron chi connectivity index (χ4n) is 3.54. The molecule has 5 rings (SSSR count). The Labute approximate surface area is 164 Å². The van der Waals surface area contributed by atoms with Crippen molar-refractivity contribution in [1.82, 2.24) is 19.5 Å². The predicted octanol–water partition coefficient (Wildman–Crippen LogP) is 3.06. The van der Waals surface area contributed by atoms with Gasteiger partial charge < -0.3 is 19.5 Å². The maximum atomic E-state index is 12.8. The number of aryl methyl sites for hydroxylation is 1. The third-order valence-electron chi connectivity index (χ3n) is 4.78. The van der Waals surface area contributed by atoms with Gasteiger partial charge in [0.05, 0.1) is 0 Å². The highest BCUT2D eigenvalue weighted by Gasteiger charge is 2.31. The molecule has 0 saturated carbocycles. The molecule has 2 N–H and O–H groups in total. The number of carbonyl (C=O) groups is 1. The number of aromatic hydroxyl groups is 2. The van der Waals surface area contributed by atoms with E-state index in [1.54, 1.807) is 24.7 Å². The first-order valence-corrected chi connectivity index (χ1v) is 8.72. The Balaban J connectivity index is 1.69. The summed E-state index contributed by atoms with van der Waals surface area (Å²) in [4.78, 5) is 25.4. The zero-order valence-corrected chi connectivity index (χ0v) is 15.2. The average molecular weight is 386 g/mol. The van der Waals surface area contributed by atoms with Crippen molar-refractivity contribution < 1.29 is 19.7 Å². The van der Waals surface area contributed by atoms with E-state index in [4.69, 9.17) is 4.74 Å². The lowest BCUT2D eigenvalue weighted by atomic mass is 10.0. The van der Waals surface area contributed by atoms with Crippen molar-refractivity contribution in [2.45, 2.75) is 0 Å². The van der Waals surface area contributed by atoms with E-state index in [9.17, 15) is 15.0 Å². The third-order valence-corrected chi connectivity index (χ3v) is 4.78. The normalized spacial score (nSPS) is 14.4. The zero-order valence-electron chi connectivity index (χ0n) is 15.2. The molecule has 4 heterocycles. The largest absolute Gasteiger partial charge is 0.508 e. The summed E-state index contributed by atoms with van der Waals surface area (Å²) in [5, 5.41) is 20.5. The molecule has 0 saturated heterocycles. The van der Waals surface area contributed by atoms with Crippen LogP contribution in [0.2, 0.25) is 0 Å². The molecule has 0 aliphatic carbocycles. The smallest absolute Gasteiger partial charge is 0.235 e. The number of ether oxygens (including phenoxy) is 1. The van der Waals surface area contributed by atoms with Gasteiger partial charge in [-0.05, 0) is 17.7 Å². The van der Waals surface area contributed by atoms with Crippen LogP contribution in [0.25, 0.3) is 28.2 Å². The lowest BCUT2D eigenvalue weighted by Gasteiger charge is -2.04. The van der Waals surface area contributed by atoms with Crippen LogP contribution in [0.4, 0.5) is 0 Å². The van der Waals surface area contributed by atoms with Gasteiger partial charge in [0.25, 0.3) is 0 Å². The number of aromatic nitrogens is 4. The number of nitrogens with zero attached hydrogens (tertiary/aromatic N) is 4. The highest BCUT2D eigenvalue weighted by Crippen LogP contribution is 2.41. The second-order valence-electron chi connectivity index (χ2n) is 6.66. The minimum atomic E-state index is -0.456. The first kappa shape index (κ1) is 16.9. The average Bonchev–Trinajstić information content (AvgIpc) is 3.19. The first-order chi connectivity index (χ1) is 14.0. The van der Waals surface area contributed by atoms with Crippen LogP contribution in [0, 0.1) is 0 Å². The summed E-state index contributed by atoms with van der Waals surface area (Å²) in [7, 11) is 1.86. The molecule has 0 spiro atoms. The highest BCUT2D eigenvalue weighted by molar-refractivity contribution is 6.17. The monoisotopic (exact) mass is 386 g/mol. The van der Waals surface area contributed by atoms with Gasteiger partial charge in [-0.1, -0.05) is 0 Å². The van der Waals surface area contributed by atoms with Gasteiger partial charge in [-0.2, -0.15) is 0 Å². The number of Topliss-reactive ketones (excluding diaryl/α,β-unsaturated/α-hetero) is 1. The molecule has 1 aliphatic heterocycles. The first-order valence-electron chi connectivity index (χ1n) is 8.72. The number of hydrogen-bond donors (Lipinski definition) is 2. The minimum absolute atomic E-state index is 0.0316. The summed E-state index contributed by atoms with van der Waals surface area (Å²) in [6.07, 6.45) is 10.0. The minimum Gasteiger partial charge on any atom is -0.508 e. The molecular formula is C21H14N4O4. The number of benzene rings is 1. The van der Waals surface area contributed by atoms with Gasteiger partial charge in [0, 0.05) is 60.5 Å². The van der Waals surface area contributed by atoms with E-state index in [1.165, 1.54) is 12.4 Å². The summed E-state index contributed by atoms with van der Waals surface area (Å²) in [6, 6.07) is 4.27. The summed E-state index contributed by atoms with van der Waals surface area (Å²) in [5.74, 6) is -0.796. The van der Waals surface area contributed by atoms with Crippen LogP contribution in [0.15, 0.2) is 55.1 Å². The maximum absolute atomic E-state index is 12.8. The lowest BCUT2D eigenvalue weighted by Crippen LogP contribution is -1.98. The molecule has 4 aromatic rings. The number of rotatable bonds is 2. The second-order valence-corrected chi connectivity index (χ2v) is 6.66. The van der Waals surface area contributed by atoms with Crippen molar-refractivity contribution in [1.29, 1.82) is 0 Å². The van der Waals surface area contributed by atoms with E-state index >= 15 is 0 Å². The molecule has 8 heteroatoms. The SMILES string of the molecule is Cn1cc(/C=C2\Oc3cc(O)cc(O)c3C2=O)c2c(-c3cncnc3)ccnc21. The van der Waals surface area contributed by atoms with Crippen LogP contribution in [0.5, 0.6) is 17.2 Å². The van der Waals surface area contributed by atoms with Crippen LogP contribution in [-0.2, 0) is 7.05 Å². The Kier molecular flexibility index (Phi) is 3.60. The number of carbonyl (C=O) groups excluding carboxylic acids is 1. The molecule has 3 aromatic heterocycles. The summed E-state index contributed by atoms with van der Waals surface area (Å²) in [5.41, 5.74) is 3.15. The second kappa shape index (κ2) is 6.16. The predicted molar refractivity (Wildman–Crippen MR) is 104 cm³/mol. The molecule has 0 radical (unpaired) electrons. The molecular weight excluding hydrogens is 372 g/mol. The van der Waals surface area contributed by atoms with E-state index in [-0.39, 0.29) is 28.6 Å². The van der Waals surface area contributed by atoms with Crippen LogP contribution in [0.1, 0.15) is 15.9 Å². The Hall–Kier alpha value is -4.20. The fourth-order valence-corrected chi connectivity index (χ4v) is 3.54. The van der Waals surface area contributed by atoms with E-state index in [0.29, 0.717) is 5.56 Å². The van der Waals surface area contributed by atoms with Crippen LogP contribution < -0.4 is 4.74 Å². The zero-order chi connectivity index (χ0) is 20.1. The van der Waals surface area contributed by atoms with E-state index < -0.39 is 5.78 Å². The number of hydrogen-bond acceptors (Lipinski definition) is 7. The van der Waals surface area contributed by atoms with Crippen molar-refractivity contribution in [3.63, 3.8) is 0 Å². The van der Waals surface area contributed by atoms with Gasteiger partial charge in [-0.3, -0.25) is 4.79 Å². The standard InChI is InChI=1S/C21H14N4O4/c1-25-9-11(4-17-20(28)19-15(27)5-13(26)6-16(19)29-17)18-14(2-3-24-21(18)25)12-7-22-10-23-8-12/h2-10,26-27H,1H3/b17-4-. The van der Waals surface area contributed by atoms with Crippen molar-refractivity contribution in [2.75, 3.05) is 0 Å². The van der Waals surface area contributed by atoms with E-state index in [1.807, 2.05) is 23.9 Å². The van der Waals surface area contributed by atoms with Gasteiger partial charge in [0.2, 0.25) is 5.78 Å². The molecule has 1 aromatic carbocycles. The maximum Gasteiger partial charge on any atom is 0.235 e. The molecule has 0 atom stereocenters. The molecule has 29 heavy (non-hydrogen) atoms. The van der Waals surface area contributed by atoms with Crippen LogP contribution >= 0.6 is 0 Å². The molecule has 1 aliphatic rings. The van der Waals surface area contributed by atoms with E-state index in [2.05, 4.69) is 15.0 Å². The van der Waals surface area contributed by atoms with Crippen molar-refractivity contribution >= 4 is 22.9 Å². The molecule has 0 bridgehead atoms. The summed E-state index contributed by atoms with van der Waals surface area (Å²) in [6.45, 7) is 0. The van der Waals surface area contributed by atoms with Gasteiger partial charge in [0.1, 0.15) is 34.8 Å².